The molecule has 0 radical (unpaired) electrons. The summed E-state index contributed by atoms with van der Waals surface area (Å²) in [5.41, 5.74) is 8.42. The zero-order chi connectivity index (χ0) is 23.2. The zero-order valence-corrected chi connectivity index (χ0v) is 16.9. The first-order valence-electron chi connectivity index (χ1n) is 8.53. The maximum atomic E-state index is 12.7. The molecule has 0 heterocycles. The highest BCUT2D eigenvalue weighted by Gasteiger charge is 2.65. The number of hydrazine groups is 1. The first-order chi connectivity index (χ1) is 13.7. The number of hydrogen-bond acceptors (Lipinski definition) is 4. The number of carboxylic acid groups (broad SMARTS) is 1. The van der Waals surface area contributed by atoms with E-state index in [1.165, 1.54) is 12.2 Å². The molecule has 0 unspecified atom stereocenters. The highest BCUT2D eigenvalue weighted by Crippen LogP contribution is 3.02. The highest BCUT2D eigenvalue weighted by molar-refractivity contribution is 8.45. The third-order valence-corrected chi connectivity index (χ3v) is 4.83. The minimum absolute atomic E-state index is 0.0249. The fourth-order valence-corrected chi connectivity index (χ4v) is 2.85. The van der Waals surface area contributed by atoms with Crippen LogP contribution in [0.2, 0.25) is 0 Å². The summed E-state index contributed by atoms with van der Waals surface area (Å²) in [4.78, 5) is 8.86. The Morgan fingerprint density at radius 3 is 1.73 bits per heavy atom. The Hall–Kier alpha value is -3.05. The molecule has 11 heteroatoms. The van der Waals surface area contributed by atoms with E-state index in [-0.39, 0.29) is 5.70 Å². The van der Waals surface area contributed by atoms with Gasteiger partial charge in [0, 0.05) is 0 Å². The van der Waals surface area contributed by atoms with Crippen LogP contribution in [0, 0.1) is 0 Å². The number of carboxylic acids is 1. The summed E-state index contributed by atoms with van der Waals surface area (Å²) in [6, 6.07) is 8.94. The molecule has 0 aliphatic carbocycles. The smallest absolute Gasteiger partial charge is 0.353 e. The zero-order valence-electron chi connectivity index (χ0n) is 16.1. The molecule has 2 aromatic rings. The van der Waals surface area contributed by atoms with E-state index in [9.17, 15) is 24.2 Å². The van der Waals surface area contributed by atoms with Gasteiger partial charge in [-0.05, 0) is 34.9 Å². The summed E-state index contributed by atoms with van der Waals surface area (Å²) in [7, 11) is -9.70. The van der Waals surface area contributed by atoms with Crippen molar-refractivity contribution in [1.82, 2.24) is 5.43 Å². The lowest BCUT2D eigenvalue weighted by Gasteiger charge is -2.40. The highest BCUT2D eigenvalue weighted by atomic mass is 32.5. The van der Waals surface area contributed by atoms with E-state index in [0.29, 0.717) is 28.8 Å². The molecular weight excluding hydrogens is 429 g/mol. The Morgan fingerprint density at radius 1 is 0.933 bits per heavy atom. The van der Waals surface area contributed by atoms with Gasteiger partial charge in [-0.1, -0.05) is 75.8 Å². The number of rotatable bonds is 6. The summed E-state index contributed by atoms with van der Waals surface area (Å²) in [5.74, 6) is 3.85. The van der Waals surface area contributed by atoms with Crippen LogP contribution in [0.15, 0.2) is 70.9 Å². The molecule has 0 saturated heterocycles. The van der Waals surface area contributed by atoms with Gasteiger partial charge in [0.05, 0.1) is 5.70 Å². The molecule has 6 N–H and O–H groups in total. The normalized spacial score (nSPS) is 14.7. The average Bonchev–Trinajstić information content (AvgIpc) is 2.68. The molecule has 0 fully saturated rings. The van der Waals surface area contributed by atoms with Crippen molar-refractivity contribution in [2.45, 2.75) is 18.7 Å². The lowest BCUT2D eigenvalue weighted by molar-refractivity contribution is -0.132. The number of hydrogen-bond donors (Lipinski definition) is 4. The molecule has 0 bridgehead atoms. The van der Waals surface area contributed by atoms with Crippen molar-refractivity contribution < 1.29 is 29.3 Å². The minimum atomic E-state index is -9.70. The molecule has 0 aromatic heterocycles. The largest absolute Gasteiger partial charge is 0.477 e. The fourth-order valence-electron chi connectivity index (χ4n) is 2.20. The number of benzene rings is 2. The molecule has 166 valence electrons. The van der Waals surface area contributed by atoms with E-state index >= 15 is 0 Å². The van der Waals surface area contributed by atoms with Crippen molar-refractivity contribution in [2.24, 2.45) is 11.6 Å². The van der Waals surface area contributed by atoms with Gasteiger partial charge in [-0.25, -0.2) is 4.79 Å². The Morgan fingerprint density at radius 2 is 1.37 bits per heavy atom. The van der Waals surface area contributed by atoms with Gasteiger partial charge >= 0.3 is 16.2 Å². The predicted molar refractivity (Wildman–Crippen MR) is 110 cm³/mol. The van der Waals surface area contributed by atoms with Crippen LogP contribution in [0.1, 0.15) is 19.4 Å². The summed E-state index contributed by atoms with van der Waals surface area (Å²) in [5, 5.41) is 8.82. The van der Waals surface area contributed by atoms with Crippen LogP contribution >= 0.6 is 10.2 Å². The molecule has 0 amide bonds. The van der Waals surface area contributed by atoms with E-state index in [4.69, 9.17) is 16.7 Å². The van der Waals surface area contributed by atoms with Crippen LogP contribution in [0.5, 0.6) is 0 Å². The van der Waals surface area contributed by atoms with Crippen molar-refractivity contribution in [3.63, 3.8) is 0 Å². The number of allylic oxidation sites excluding steroid dienone is 1. The topological polar surface area (TPSA) is 101 Å². The second kappa shape index (κ2) is 8.36. The van der Waals surface area contributed by atoms with Crippen molar-refractivity contribution in [1.29, 1.82) is 0 Å². The standard InChI is InChI=1S/C17H16F5N3O2S.C2H6/c18-28(19,20,21,22)14-8-6-13(7-9-14)12-4-1-11(2-5-12)3-10-15(25-24)16(23)17(26)27;1-2/h1-10,25H,23-24H2,(H,26,27);1-2H3/b10-3+,16-15-;. The summed E-state index contributed by atoms with van der Waals surface area (Å²) >= 11 is 0. The van der Waals surface area contributed by atoms with Crippen LogP contribution < -0.4 is 17.0 Å². The predicted octanol–water partition coefficient (Wildman–Crippen LogP) is 5.77. The Balaban J connectivity index is 0.00000218. The monoisotopic (exact) mass is 451 g/mol. The van der Waals surface area contributed by atoms with Crippen molar-refractivity contribution in [3.8, 4) is 11.1 Å². The molecule has 0 aliphatic heterocycles. The van der Waals surface area contributed by atoms with E-state index in [2.05, 4.69) is 5.43 Å². The Kier molecular flexibility index (Phi) is 6.97. The van der Waals surface area contributed by atoms with Crippen LogP contribution in [-0.2, 0) is 4.79 Å². The van der Waals surface area contributed by atoms with E-state index in [1.54, 1.807) is 24.3 Å². The number of aliphatic carboxylic acids is 1. The van der Waals surface area contributed by atoms with E-state index < -0.39 is 26.8 Å². The molecule has 2 aromatic carbocycles. The maximum Gasteiger partial charge on any atom is 0.353 e. The van der Waals surface area contributed by atoms with Crippen LogP contribution in [0.25, 0.3) is 17.2 Å². The molecule has 5 nitrogen and oxygen atoms in total. The molecule has 30 heavy (non-hydrogen) atoms. The molecule has 0 atom stereocenters. The maximum absolute atomic E-state index is 12.7. The number of nitrogens with two attached hydrogens (primary N) is 2. The summed E-state index contributed by atoms with van der Waals surface area (Å²) in [6.45, 7) is 4.00. The van der Waals surface area contributed by atoms with Gasteiger partial charge < -0.3 is 16.3 Å². The van der Waals surface area contributed by atoms with Crippen molar-refractivity contribution in [3.05, 3.63) is 71.6 Å². The molecular formula is C19H22F5N3O2S. The lowest BCUT2D eigenvalue weighted by Crippen LogP contribution is -2.26. The van der Waals surface area contributed by atoms with Crippen molar-refractivity contribution in [2.75, 3.05) is 0 Å². The third kappa shape index (κ3) is 6.78. The third-order valence-electron chi connectivity index (χ3n) is 3.66. The summed E-state index contributed by atoms with van der Waals surface area (Å²) < 4.78 is 63.7. The van der Waals surface area contributed by atoms with Gasteiger partial charge in [0.2, 0.25) is 0 Å². The van der Waals surface area contributed by atoms with E-state index in [1.807, 2.05) is 13.8 Å². The average molecular weight is 451 g/mol. The molecule has 0 aliphatic rings. The SMILES string of the molecule is CC.NNC(/C=C/c1ccc(-c2ccc(S(F)(F)(F)(F)F)cc2)cc1)=C(\N)C(=O)O. The lowest BCUT2D eigenvalue weighted by atomic mass is 10.0. The number of nitrogens with one attached hydrogen (secondary N) is 1. The van der Waals surface area contributed by atoms with Crippen LogP contribution in [0.4, 0.5) is 19.4 Å². The Labute approximate surface area is 170 Å². The second-order valence-corrected chi connectivity index (χ2v) is 8.13. The quantitative estimate of drug-likeness (QED) is 0.147. The minimum Gasteiger partial charge on any atom is -0.477 e. The number of halogens is 5. The number of carbonyl (C=O) groups is 1. The van der Waals surface area contributed by atoms with Gasteiger partial charge in [-0.3, -0.25) is 5.84 Å². The van der Waals surface area contributed by atoms with Crippen LogP contribution in [0.3, 0.4) is 0 Å². The first kappa shape index (κ1) is 25.0. The first-order valence-corrected chi connectivity index (χ1v) is 10.5. The summed E-state index contributed by atoms with van der Waals surface area (Å²) in [6.07, 6.45) is 2.84. The van der Waals surface area contributed by atoms with Gasteiger partial charge in [-0.2, -0.15) is 0 Å². The van der Waals surface area contributed by atoms with Gasteiger partial charge in [-0.15, -0.1) is 0 Å². The van der Waals surface area contributed by atoms with E-state index in [0.717, 1.165) is 12.1 Å². The molecule has 0 spiro atoms. The molecule has 0 saturated carbocycles. The van der Waals surface area contributed by atoms with Gasteiger partial charge in [0.1, 0.15) is 10.6 Å². The van der Waals surface area contributed by atoms with Gasteiger partial charge in [0.15, 0.2) is 0 Å². The Bertz CT molecular complexity index is 955. The fraction of sp³-hybridized carbons (Fsp3) is 0.105. The second-order valence-electron chi connectivity index (χ2n) is 5.73. The molecule has 2 rings (SSSR count). The van der Waals surface area contributed by atoms with Crippen molar-refractivity contribution >= 4 is 22.3 Å². The van der Waals surface area contributed by atoms with Gasteiger partial charge in [0.25, 0.3) is 0 Å². The van der Waals surface area contributed by atoms with Crippen LogP contribution in [-0.4, -0.2) is 11.1 Å².